The van der Waals surface area contributed by atoms with E-state index in [0.717, 1.165) is 36.4 Å². The number of rotatable bonds is 3. The molecule has 1 saturated heterocycles. The van der Waals surface area contributed by atoms with Crippen LogP contribution in [0.5, 0.6) is 0 Å². The van der Waals surface area contributed by atoms with E-state index in [1.807, 2.05) is 42.3 Å². The average molecular weight is 327 g/mol. The lowest BCUT2D eigenvalue weighted by Crippen LogP contribution is -2.28. The van der Waals surface area contributed by atoms with Crippen molar-refractivity contribution < 1.29 is 4.42 Å². The van der Waals surface area contributed by atoms with Gasteiger partial charge < -0.3 is 14.7 Å². The Labute approximate surface area is 139 Å². The molecular formula is C17H21N5O2. The smallest absolute Gasteiger partial charge is 0.408 e. The van der Waals surface area contributed by atoms with E-state index < -0.39 is 0 Å². The third-order valence-corrected chi connectivity index (χ3v) is 4.81. The first kappa shape index (κ1) is 15.2. The molecule has 2 atom stereocenters. The predicted molar refractivity (Wildman–Crippen MR) is 90.7 cm³/mol. The largest absolute Gasteiger partial charge is 0.419 e. The summed E-state index contributed by atoms with van der Waals surface area (Å²) < 4.78 is 8.67. The van der Waals surface area contributed by atoms with Gasteiger partial charge in [-0.15, -0.1) is 0 Å². The molecule has 0 amide bonds. The normalized spacial score (nSPS) is 21.8. The number of nitrogens with two attached hydrogens (primary N) is 1. The highest BCUT2D eigenvalue weighted by atomic mass is 16.4. The zero-order chi connectivity index (χ0) is 16.8. The van der Waals surface area contributed by atoms with Crippen LogP contribution in [0.3, 0.4) is 0 Å². The van der Waals surface area contributed by atoms with E-state index in [2.05, 4.69) is 9.88 Å². The van der Waals surface area contributed by atoms with Crippen LogP contribution in [0.2, 0.25) is 0 Å². The summed E-state index contributed by atoms with van der Waals surface area (Å²) in [5.74, 6) is -0.0752. The quantitative estimate of drug-likeness (QED) is 0.769. The van der Waals surface area contributed by atoms with E-state index in [0.29, 0.717) is 5.58 Å². The number of hydrogen-bond donors (Lipinski definition) is 1. The summed E-state index contributed by atoms with van der Waals surface area (Å²) >= 11 is 0. The second-order valence-electron chi connectivity index (χ2n) is 6.66. The molecule has 2 N–H and O–H groups in total. The summed E-state index contributed by atoms with van der Waals surface area (Å²) in [6, 6.07) is 5.96. The number of imidazole rings is 1. The van der Waals surface area contributed by atoms with E-state index in [-0.39, 0.29) is 17.7 Å². The molecule has 4 rings (SSSR count). The molecule has 2 aromatic heterocycles. The first-order chi connectivity index (χ1) is 11.5. The number of nitrogens with zero attached hydrogens (tertiary/aromatic N) is 4. The zero-order valence-electron chi connectivity index (χ0n) is 13.8. The van der Waals surface area contributed by atoms with Gasteiger partial charge in [0, 0.05) is 51.9 Å². The Balaban J connectivity index is 1.53. The van der Waals surface area contributed by atoms with Crippen LogP contribution in [-0.4, -0.2) is 38.1 Å². The molecular weight excluding hydrogens is 306 g/mol. The summed E-state index contributed by atoms with van der Waals surface area (Å²) in [6.07, 6.45) is 3.86. The molecule has 0 bridgehead atoms. The van der Waals surface area contributed by atoms with Crippen LogP contribution in [0.25, 0.3) is 11.1 Å². The number of aryl methyl sites for hydroxylation is 2. The molecule has 0 saturated carbocycles. The predicted octanol–water partition coefficient (Wildman–Crippen LogP) is 0.792. The van der Waals surface area contributed by atoms with Crippen LogP contribution < -0.4 is 11.5 Å². The lowest BCUT2D eigenvalue weighted by Gasteiger charge is -2.15. The molecule has 126 valence electrons. The van der Waals surface area contributed by atoms with Gasteiger partial charge in [0.1, 0.15) is 0 Å². The Morgan fingerprint density at radius 2 is 2.17 bits per heavy atom. The van der Waals surface area contributed by atoms with E-state index in [1.54, 1.807) is 7.05 Å². The third-order valence-electron chi connectivity index (χ3n) is 4.81. The molecule has 1 aliphatic heterocycles. The summed E-state index contributed by atoms with van der Waals surface area (Å²) in [4.78, 5) is 18.4. The van der Waals surface area contributed by atoms with Gasteiger partial charge in [0.25, 0.3) is 0 Å². The van der Waals surface area contributed by atoms with Crippen molar-refractivity contribution in [1.82, 2.24) is 19.0 Å². The van der Waals surface area contributed by atoms with Gasteiger partial charge in [-0.3, -0.25) is 9.47 Å². The molecule has 24 heavy (non-hydrogen) atoms. The lowest BCUT2D eigenvalue weighted by atomic mass is 10.0. The van der Waals surface area contributed by atoms with Gasteiger partial charge in [0.05, 0.1) is 17.5 Å². The van der Waals surface area contributed by atoms with Crippen molar-refractivity contribution >= 4 is 11.1 Å². The molecule has 1 aromatic carbocycles. The van der Waals surface area contributed by atoms with Gasteiger partial charge in [-0.05, 0) is 17.7 Å². The topological polar surface area (TPSA) is 82.2 Å². The van der Waals surface area contributed by atoms with Crippen LogP contribution in [-0.2, 0) is 20.6 Å². The van der Waals surface area contributed by atoms with Crippen molar-refractivity contribution in [2.75, 3.05) is 13.1 Å². The minimum atomic E-state index is -0.333. The maximum atomic E-state index is 11.6. The molecule has 0 radical (unpaired) electrons. The molecule has 0 aliphatic carbocycles. The SMILES string of the molecule is Cn1cnc([C@@H]2CN(Cc3ccc4oc(=O)n(C)c4c3)C[C@H]2N)c1. The highest BCUT2D eigenvalue weighted by molar-refractivity contribution is 5.73. The van der Waals surface area contributed by atoms with E-state index >= 15 is 0 Å². The Hall–Kier alpha value is -2.38. The van der Waals surface area contributed by atoms with Crippen molar-refractivity contribution in [3.8, 4) is 0 Å². The molecule has 7 heteroatoms. The van der Waals surface area contributed by atoms with Crippen LogP contribution in [0.4, 0.5) is 0 Å². The third kappa shape index (κ3) is 2.55. The maximum absolute atomic E-state index is 11.6. The fraction of sp³-hybridized carbons (Fsp3) is 0.412. The molecule has 0 unspecified atom stereocenters. The average Bonchev–Trinajstić information content (AvgIpc) is 3.20. The maximum Gasteiger partial charge on any atom is 0.419 e. The first-order valence-electron chi connectivity index (χ1n) is 8.05. The zero-order valence-corrected chi connectivity index (χ0v) is 13.8. The highest BCUT2D eigenvalue weighted by Crippen LogP contribution is 2.26. The Kier molecular flexibility index (Phi) is 3.54. The van der Waals surface area contributed by atoms with Gasteiger partial charge in [0.2, 0.25) is 0 Å². The fourth-order valence-electron chi connectivity index (χ4n) is 3.51. The molecule has 3 heterocycles. The van der Waals surface area contributed by atoms with Crippen LogP contribution >= 0.6 is 0 Å². The van der Waals surface area contributed by atoms with Crippen molar-refractivity contribution in [2.24, 2.45) is 19.8 Å². The number of benzene rings is 1. The van der Waals surface area contributed by atoms with Gasteiger partial charge >= 0.3 is 5.76 Å². The highest BCUT2D eigenvalue weighted by Gasteiger charge is 2.32. The Morgan fingerprint density at radius 3 is 2.92 bits per heavy atom. The van der Waals surface area contributed by atoms with E-state index in [9.17, 15) is 4.79 Å². The van der Waals surface area contributed by atoms with Gasteiger partial charge in [-0.25, -0.2) is 9.78 Å². The van der Waals surface area contributed by atoms with E-state index in [4.69, 9.17) is 10.2 Å². The summed E-state index contributed by atoms with van der Waals surface area (Å²) in [6.45, 7) is 2.52. The van der Waals surface area contributed by atoms with Crippen molar-refractivity contribution in [2.45, 2.75) is 18.5 Å². The molecule has 1 aliphatic rings. The van der Waals surface area contributed by atoms with Gasteiger partial charge in [-0.1, -0.05) is 6.07 Å². The summed E-state index contributed by atoms with van der Waals surface area (Å²) in [5, 5.41) is 0. The standard InChI is InChI=1S/C17H21N5O2/c1-20-9-14(19-10-20)12-7-22(8-13(12)18)6-11-3-4-16-15(5-11)21(2)17(23)24-16/h3-5,9-10,12-13H,6-8,18H2,1-2H3/t12-,13-/m1/s1. The number of oxazole rings is 1. The number of aromatic nitrogens is 3. The van der Waals surface area contributed by atoms with Crippen molar-refractivity contribution in [3.05, 3.63) is 52.5 Å². The monoisotopic (exact) mass is 327 g/mol. The minimum Gasteiger partial charge on any atom is -0.408 e. The first-order valence-corrected chi connectivity index (χ1v) is 8.05. The van der Waals surface area contributed by atoms with Gasteiger partial charge in [-0.2, -0.15) is 0 Å². The second kappa shape index (κ2) is 5.61. The molecule has 1 fully saturated rings. The lowest BCUT2D eigenvalue weighted by molar-refractivity contribution is 0.323. The Morgan fingerprint density at radius 1 is 1.33 bits per heavy atom. The van der Waals surface area contributed by atoms with Gasteiger partial charge in [0.15, 0.2) is 5.58 Å². The number of fused-ring (bicyclic) bond motifs is 1. The van der Waals surface area contributed by atoms with Crippen molar-refractivity contribution in [3.63, 3.8) is 0 Å². The second-order valence-corrected chi connectivity index (χ2v) is 6.66. The van der Waals surface area contributed by atoms with E-state index in [1.165, 1.54) is 4.57 Å². The Bertz CT molecular complexity index is 938. The van der Waals surface area contributed by atoms with Crippen molar-refractivity contribution in [1.29, 1.82) is 0 Å². The number of hydrogen-bond acceptors (Lipinski definition) is 5. The minimum absolute atomic E-state index is 0.0851. The number of likely N-dealkylation sites (tertiary alicyclic amines) is 1. The summed E-state index contributed by atoms with van der Waals surface area (Å²) in [5.41, 5.74) is 9.98. The molecule has 0 spiro atoms. The molecule has 7 nitrogen and oxygen atoms in total. The fourth-order valence-corrected chi connectivity index (χ4v) is 3.51. The van der Waals surface area contributed by atoms with Crippen LogP contribution in [0, 0.1) is 0 Å². The summed E-state index contributed by atoms with van der Waals surface area (Å²) in [7, 11) is 3.69. The van der Waals surface area contributed by atoms with Crippen LogP contribution in [0.1, 0.15) is 17.2 Å². The molecule has 3 aromatic rings. The van der Waals surface area contributed by atoms with Crippen LogP contribution in [0.15, 0.2) is 39.9 Å².